The van der Waals surface area contributed by atoms with Gasteiger partial charge in [-0.3, -0.25) is 0 Å². The van der Waals surface area contributed by atoms with Gasteiger partial charge in [0.25, 0.3) is 0 Å². The van der Waals surface area contributed by atoms with E-state index in [0.29, 0.717) is 17.6 Å². The molecule has 2 heteroatoms. The third kappa shape index (κ3) is 3.25. The highest BCUT2D eigenvalue weighted by Gasteiger charge is 2.37. The Morgan fingerprint density at radius 3 is 2.62 bits per heavy atom. The van der Waals surface area contributed by atoms with Gasteiger partial charge in [0.2, 0.25) is 0 Å². The molecule has 1 aromatic rings. The van der Waals surface area contributed by atoms with Crippen LogP contribution in [0.3, 0.4) is 0 Å². The Kier molecular flexibility index (Phi) is 4.36. The van der Waals surface area contributed by atoms with Crippen LogP contribution in [0, 0.1) is 24.2 Å². The van der Waals surface area contributed by atoms with Crippen molar-refractivity contribution in [2.45, 2.75) is 47.0 Å². The van der Waals surface area contributed by atoms with Gasteiger partial charge in [-0.2, -0.15) is 0 Å². The van der Waals surface area contributed by atoms with E-state index in [1.165, 1.54) is 12.0 Å². The molecule has 1 unspecified atom stereocenters. The second-order valence-corrected chi connectivity index (χ2v) is 7.37. The summed E-state index contributed by atoms with van der Waals surface area (Å²) in [5.41, 5.74) is 3.47. The second-order valence-electron chi connectivity index (χ2n) is 7.37. The predicted octanol–water partition coefficient (Wildman–Crippen LogP) is 4.88. The fourth-order valence-electron chi connectivity index (χ4n) is 3.99. The van der Waals surface area contributed by atoms with Crippen LogP contribution >= 0.6 is 0 Å². The van der Waals surface area contributed by atoms with Crippen LogP contribution in [0.5, 0.6) is 11.5 Å². The van der Waals surface area contributed by atoms with Crippen molar-refractivity contribution in [1.82, 2.24) is 0 Å². The molecule has 0 amide bonds. The highest BCUT2D eigenvalue weighted by atomic mass is 16.5. The summed E-state index contributed by atoms with van der Waals surface area (Å²) in [5.74, 6) is 2.32. The number of hydrogen-bond donors (Lipinski definition) is 1. The van der Waals surface area contributed by atoms with Crippen molar-refractivity contribution in [1.29, 1.82) is 0 Å². The van der Waals surface area contributed by atoms with Crippen molar-refractivity contribution in [2.24, 2.45) is 17.3 Å². The lowest BCUT2D eigenvalue weighted by Crippen LogP contribution is -2.34. The smallest absolute Gasteiger partial charge is 0.122 e. The minimum absolute atomic E-state index is 0.222. The molecule has 1 aliphatic carbocycles. The molecule has 1 aromatic carbocycles. The third-order valence-corrected chi connectivity index (χ3v) is 4.94. The summed E-state index contributed by atoms with van der Waals surface area (Å²) in [6, 6.07) is 3.78. The van der Waals surface area contributed by atoms with Crippen molar-refractivity contribution in [3.8, 4) is 11.5 Å². The van der Waals surface area contributed by atoms with Crippen LogP contribution in [-0.4, -0.2) is 12.2 Å². The Bertz CT molecular complexity index is 543. The number of ether oxygens (including phenoxy) is 1. The minimum atomic E-state index is 0.222. The Morgan fingerprint density at radius 2 is 2.05 bits per heavy atom. The summed E-state index contributed by atoms with van der Waals surface area (Å²) < 4.78 is 5.39. The van der Waals surface area contributed by atoms with Crippen molar-refractivity contribution in [3.63, 3.8) is 0 Å². The Balaban J connectivity index is 2.30. The number of methoxy groups -OCH3 is 1. The molecule has 2 atom stereocenters. The summed E-state index contributed by atoms with van der Waals surface area (Å²) in [7, 11) is 1.67. The number of hydrogen-bond acceptors (Lipinski definition) is 2. The number of benzene rings is 1. The van der Waals surface area contributed by atoms with Crippen LogP contribution in [-0.2, 0) is 6.42 Å². The topological polar surface area (TPSA) is 29.5 Å². The van der Waals surface area contributed by atoms with Gasteiger partial charge in [-0.15, -0.1) is 0 Å². The van der Waals surface area contributed by atoms with E-state index in [1.54, 1.807) is 13.2 Å². The van der Waals surface area contributed by atoms with Crippen molar-refractivity contribution in [2.75, 3.05) is 7.11 Å². The minimum Gasteiger partial charge on any atom is -0.508 e. The lowest BCUT2D eigenvalue weighted by Gasteiger charge is -2.43. The monoisotopic (exact) mass is 288 g/mol. The molecule has 1 N–H and O–H groups in total. The zero-order valence-corrected chi connectivity index (χ0v) is 14.0. The molecule has 2 nitrogen and oxygen atoms in total. The van der Waals surface area contributed by atoms with E-state index < -0.39 is 0 Å². The van der Waals surface area contributed by atoms with Crippen LogP contribution in [0.15, 0.2) is 24.3 Å². The molecule has 0 bridgehead atoms. The maximum Gasteiger partial charge on any atom is 0.122 e. The highest BCUT2D eigenvalue weighted by molar-refractivity contribution is 5.45. The standard InChI is InChI=1S/C19H28O2/c1-12-7-13(2)16(19(4,5)11-12)9-15-10-18(21-6)14(3)8-17(15)20/h8,10,12,16,20H,2,7,9,11H2,1,3-6H3/t12-,16?/m0/s1. The fourth-order valence-corrected chi connectivity index (χ4v) is 3.99. The molecule has 21 heavy (non-hydrogen) atoms. The van der Waals surface area contributed by atoms with Crippen LogP contribution in [0.2, 0.25) is 0 Å². The molecule has 0 heterocycles. The molecule has 1 saturated carbocycles. The number of phenols is 1. The van der Waals surface area contributed by atoms with Gasteiger partial charge in [0.05, 0.1) is 7.11 Å². The zero-order chi connectivity index (χ0) is 15.8. The maximum absolute atomic E-state index is 10.3. The normalized spacial score (nSPS) is 24.9. The summed E-state index contributed by atoms with van der Waals surface area (Å²) in [4.78, 5) is 0. The predicted molar refractivity (Wildman–Crippen MR) is 87.9 cm³/mol. The third-order valence-electron chi connectivity index (χ3n) is 4.94. The first-order valence-electron chi connectivity index (χ1n) is 7.78. The first-order chi connectivity index (χ1) is 9.74. The largest absolute Gasteiger partial charge is 0.508 e. The van der Waals surface area contributed by atoms with Gasteiger partial charge >= 0.3 is 0 Å². The Morgan fingerprint density at radius 1 is 1.38 bits per heavy atom. The maximum atomic E-state index is 10.3. The van der Waals surface area contributed by atoms with Gasteiger partial charge in [-0.05, 0) is 66.7 Å². The molecule has 1 fully saturated rings. The Labute approximate surface area is 128 Å². The first-order valence-corrected chi connectivity index (χ1v) is 7.78. The van der Waals surface area contributed by atoms with E-state index >= 15 is 0 Å². The van der Waals surface area contributed by atoms with Gasteiger partial charge in [0.1, 0.15) is 11.5 Å². The fraction of sp³-hybridized carbons (Fsp3) is 0.579. The van der Waals surface area contributed by atoms with E-state index in [1.807, 2.05) is 13.0 Å². The van der Waals surface area contributed by atoms with E-state index in [4.69, 9.17) is 4.74 Å². The first kappa shape index (κ1) is 15.9. The average Bonchev–Trinajstić information content (AvgIpc) is 2.35. The summed E-state index contributed by atoms with van der Waals surface area (Å²) in [6.07, 6.45) is 3.14. The number of phenolic OH excluding ortho intramolecular Hbond substituents is 1. The van der Waals surface area contributed by atoms with Crippen molar-refractivity contribution in [3.05, 3.63) is 35.4 Å². The zero-order valence-electron chi connectivity index (χ0n) is 14.0. The van der Waals surface area contributed by atoms with Crippen LogP contribution in [0.1, 0.15) is 44.7 Å². The molecule has 0 aromatic heterocycles. The number of rotatable bonds is 3. The summed E-state index contributed by atoms with van der Waals surface area (Å²) >= 11 is 0. The summed E-state index contributed by atoms with van der Waals surface area (Å²) in [5, 5.41) is 10.3. The molecular weight excluding hydrogens is 260 g/mol. The van der Waals surface area contributed by atoms with Gasteiger partial charge in [0.15, 0.2) is 0 Å². The molecule has 0 radical (unpaired) electrons. The van der Waals surface area contributed by atoms with Gasteiger partial charge in [0, 0.05) is 0 Å². The quantitative estimate of drug-likeness (QED) is 0.803. The number of allylic oxidation sites excluding steroid dienone is 1. The Hall–Kier alpha value is -1.44. The number of aryl methyl sites for hydroxylation is 1. The van der Waals surface area contributed by atoms with E-state index in [9.17, 15) is 5.11 Å². The molecule has 0 spiro atoms. The lowest BCUT2D eigenvalue weighted by atomic mass is 9.62. The molecule has 0 saturated heterocycles. The van der Waals surface area contributed by atoms with Crippen LogP contribution in [0.25, 0.3) is 0 Å². The van der Waals surface area contributed by atoms with Crippen LogP contribution < -0.4 is 4.74 Å². The number of aromatic hydroxyl groups is 1. The van der Waals surface area contributed by atoms with E-state index in [0.717, 1.165) is 29.7 Å². The van der Waals surface area contributed by atoms with E-state index in [2.05, 4.69) is 27.4 Å². The molecule has 1 aliphatic rings. The van der Waals surface area contributed by atoms with Gasteiger partial charge in [-0.25, -0.2) is 0 Å². The van der Waals surface area contributed by atoms with Gasteiger partial charge < -0.3 is 9.84 Å². The average molecular weight is 288 g/mol. The van der Waals surface area contributed by atoms with Crippen molar-refractivity contribution >= 4 is 0 Å². The molecule has 0 aliphatic heterocycles. The summed E-state index contributed by atoms with van der Waals surface area (Å²) in [6.45, 7) is 13.2. The second kappa shape index (κ2) is 5.75. The SMILES string of the molecule is C=C1C[C@H](C)CC(C)(C)C1Cc1cc(OC)c(C)cc1O. The van der Waals surface area contributed by atoms with Crippen molar-refractivity contribution < 1.29 is 9.84 Å². The highest BCUT2D eigenvalue weighted by Crippen LogP contribution is 2.47. The molecular formula is C19H28O2. The molecule has 2 rings (SSSR count). The van der Waals surface area contributed by atoms with Crippen LogP contribution in [0.4, 0.5) is 0 Å². The van der Waals surface area contributed by atoms with E-state index in [-0.39, 0.29) is 5.41 Å². The molecule has 116 valence electrons. The lowest BCUT2D eigenvalue weighted by molar-refractivity contribution is 0.151. The van der Waals surface area contributed by atoms with Gasteiger partial charge in [-0.1, -0.05) is 32.9 Å².